The van der Waals surface area contributed by atoms with E-state index in [0.717, 1.165) is 59.5 Å². The zero-order valence-corrected chi connectivity index (χ0v) is 21.9. The molecule has 2 aromatic carbocycles. The van der Waals surface area contributed by atoms with Gasteiger partial charge in [-0.25, -0.2) is 19.0 Å². The van der Waals surface area contributed by atoms with E-state index in [4.69, 9.17) is 10.8 Å². The Morgan fingerprint density at radius 2 is 1.58 bits per heavy atom. The number of fused-ring (bicyclic) bond motifs is 1. The summed E-state index contributed by atoms with van der Waals surface area (Å²) in [5.41, 5.74) is 11.0. The number of hydrogen-bond donors (Lipinski definition) is 2. The third kappa shape index (κ3) is 5.08. The summed E-state index contributed by atoms with van der Waals surface area (Å²) in [5, 5.41) is 9.30. The van der Waals surface area contributed by atoms with Crippen LogP contribution < -0.4 is 11.1 Å². The third-order valence-corrected chi connectivity index (χ3v) is 8.15. The average Bonchev–Trinajstić information content (AvgIpc) is 3.35. The molecule has 38 heavy (non-hydrogen) atoms. The Morgan fingerprint density at radius 1 is 0.895 bits per heavy atom. The molecule has 6 rings (SSSR count). The van der Waals surface area contributed by atoms with Crippen LogP contribution in [0, 0.1) is 5.82 Å². The molecule has 2 aliphatic rings. The molecular formula is C29H35FN8. The average molecular weight is 515 g/mol. The highest BCUT2D eigenvalue weighted by Gasteiger charge is 2.30. The van der Waals surface area contributed by atoms with Crippen molar-refractivity contribution in [2.75, 3.05) is 44.3 Å². The van der Waals surface area contributed by atoms with Crippen molar-refractivity contribution in [3.63, 3.8) is 0 Å². The standard InChI is InChI=1S/C29H35FN8/c1-36-14-16-37(17-15-36)24-10-12-25(13-11-24)38-29-26(28(31)33-19-34-29)27(35-38)21-4-8-23(9-5-21)32-18-20-2-6-22(30)7-3-20/h2-9,19,24-25,32H,10-18H2,1H3,(H2,31,33,34). The van der Waals surface area contributed by atoms with Crippen LogP contribution >= 0.6 is 0 Å². The van der Waals surface area contributed by atoms with Crippen molar-refractivity contribution >= 4 is 22.5 Å². The number of benzene rings is 2. The fourth-order valence-corrected chi connectivity index (χ4v) is 5.86. The van der Waals surface area contributed by atoms with E-state index in [0.29, 0.717) is 24.4 Å². The van der Waals surface area contributed by atoms with Crippen LogP contribution in [0.15, 0.2) is 54.9 Å². The van der Waals surface area contributed by atoms with Gasteiger partial charge >= 0.3 is 0 Å². The Hall–Kier alpha value is -3.56. The number of nitrogens with two attached hydrogens (primary N) is 1. The Bertz CT molecular complexity index is 1370. The Labute approximate surface area is 222 Å². The van der Waals surface area contributed by atoms with Gasteiger partial charge in [-0.1, -0.05) is 24.3 Å². The first-order valence-corrected chi connectivity index (χ1v) is 13.5. The van der Waals surface area contributed by atoms with E-state index < -0.39 is 0 Å². The van der Waals surface area contributed by atoms with Crippen molar-refractivity contribution in [2.45, 2.75) is 44.3 Å². The van der Waals surface area contributed by atoms with E-state index in [1.807, 2.05) is 12.1 Å². The lowest BCUT2D eigenvalue weighted by molar-refractivity contribution is 0.0815. The monoisotopic (exact) mass is 514 g/mol. The van der Waals surface area contributed by atoms with Crippen LogP contribution in [-0.4, -0.2) is 68.8 Å². The highest BCUT2D eigenvalue weighted by Crippen LogP contribution is 2.37. The molecule has 3 N–H and O–H groups in total. The number of anilines is 2. The molecule has 1 aliphatic carbocycles. The molecule has 0 bridgehead atoms. The second-order valence-electron chi connectivity index (χ2n) is 10.6. The lowest BCUT2D eigenvalue weighted by Gasteiger charge is -2.41. The van der Waals surface area contributed by atoms with Gasteiger partial charge in [-0.15, -0.1) is 0 Å². The van der Waals surface area contributed by atoms with E-state index in [1.165, 1.54) is 44.4 Å². The molecule has 9 heteroatoms. The van der Waals surface area contributed by atoms with E-state index in [9.17, 15) is 4.39 Å². The quantitative estimate of drug-likeness (QED) is 0.390. The Morgan fingerprint density at radius 3 is 2.29 bits per heavy atom. The molecule has 2 fully saturated rings. The van der Waals surface area contributed by atoms with Gasteiger partial charge in [0.05, 0.1) is 11.4 Å². The molecule has 1 aliphatic heterocycles. The summed E-state index contributed by atoms with van der Waals surface area (Å²) in [5.74, 6) is 0.233. The molecule has 0 atom stereocenters. The predicted octanol–water partition coefficient (Wildman–Crippen LogP) is 4.56. The highest BCUT2D eigenvalue weighted by molar-refractivity contribution is 5.98. The smallest absolute Gasteiger partial charge is 0.164 e. The first-order chi connectivity index (χ1) is 18.5. The summed E-state index contributed by atoms with van der Waals surface area (Å²) in [7, 11) is 2.21. The Kier molecular flexibility index (Phi) is 6.95. The lowest BCUT2D eigenvalue weighted by atomic mass is 9.90. The van der Waals surface area contributed by atoms with Crippen molar-refractivity contribution in [3.05, 3.63) is 66.2 Å². The summed E-state index contributed by atoms with van der Waals surface area (Å²) >= 11 is 0. The molecule has 1 saturated heterocycles. The van der Waals surface area contributed by atoms with Gasteiger partial charge in [-0.05, 0) is 62.6 Å². The van der Waals surface area contributed by atoms with Crippen molar-refractivity contribution < 1.29 is 4.39 Å². The molecule has 3 heterocycles. The van der Waals surface area contributed by atoms with E-state index in [1.54, 1.807) is 12.1 Å². The van der Waals surface area contributed by atoms with Gasteiger partial charge in [0.15, 0.2) is 5.65 Å². The van der Waals surface area contributed by atoms with Crippen LogP contribution in [0.25, 0.3) is 22.3 Å². The van der Waals surface area contributed by atoms with Gasteiger partial charge in [0.1, 0.15) is 23.7 Å². The summed E-state index contributed by atoms with van der Waals surface area (Å²) in [6.07, 6.45) is 6.07. The maximum absolute atomic E-state index is 13.2. The molecule has 0 spiro atoms. The van der Waals surface area contributed by atoms with Gasteiger partial charge in [-0.2, -0.15) is 5.10 Å². The minimum absolute atomic E-state index is 0.226. The minimum Gasteiger partial charge on any atom is -0.383 e. The van der Waals surface area contributed by atoms with Gasteiger partial charge in [-0.3, -0.25) is 4.90 Å². The maximum Gasteiger partial charge on any atom is 0.164 e. The number of likely N-dealkylation sites (N-methyl/N-ethyl adjacent to an activating group) is 1. The van der Waals surface area contributed by atoms with Gasteiger partial charge in [0.25, 0.3) is 0 Å². The van der Waals surface area contributed by atoms with Crippen molar-refractivity contribution in [2.24, 2.45) is 0 Å². The van der Waals surface area contributed by atoms with Crippen LogP contribution in [0.5, 0.6) is 0 Å². The number of aromatic nitrogens is 4. The molecule has 0 radical (unpaired) electrons. The van der Waals surface area contributed by atoms with Gasteiger partial charge < -0.3 is 16.0 Å². The number of hydrogen-bond acceptors (Lipinski definition) is 7. The summed E-state index contributed by atoms with van der Waals surface area (Å²) in [4.78, 5) is 14.0. The third-order valence-electron chi connectivity index (χ3n) is 8.15. The van der Waals surface area contributed by atoms with Crippen molar-refractivity contribution in [1.82, 2.24) is 29.5 Å². The highest BCUT2D eigenvalue weighted by atomic mass is 19.1. The van der Waals surface area contributed by atoms with E-state index in [2.05, 4.69) is 48.9 Å². The van der Waals surface area contributed by atoms with Crippen LogP contribution in [-0.2, 0) is 6.54 Å². The number of halogens is 1. The minimum atomic E-state index is -0.226. The SMILES string of the molecule is CN1CCN(C2CCC(n3nc(-c4ccc(NCc5ccc(F)cc5)cc4)c4c(N)ncnc43)CC2)CC1. The number of nitrogens with one attached hydrogen (secondary N) is 1. The van der Waals surface area contributed by atoms with Crippen molar-refractivity contribution in [1.29, 1.82) is 0 Å². The van der Waals surface area contributed by atoms with E-state index >= 15 is 0 Å². The van der Waals surface area contributed by atoms with E-state index in [-0.39, 0.29) is 5.82 Å². The molecule has 2 aromatic heterocycles. The van der Waals surface area contributed by atoms with Crippen LogP contribution in [0.3, 0.4) is 0 Å². The first kappa shape index (κ1) is 24.8. The number of nitrogen functional groups attached to an aromatic ring is 1. The fourth-order valence-electron chi connectivity index (χ4n) is 5.86. The molecule has 0 unspecified atom stereocenters. The summed E-state index contributed by atoms with van der Waals surface area (Å²) in [6.45, 7) is 5.26. The first-order valence-electron chi connectivity index (χ1n) is 13.5. The molecule has 8 nitrogen and oxygen atoms in total. The number of piperazine rings is 1. The second kappa shape index (κ2) is 10.7. The van der Waals surface area contributed by atoms with Crippen LogP contribution in [0.2, 0.25) is 0 Å². The molecule has 198 valence electrons. The predicted molar refractivity (Wildman–Crippen MR) is 149 cm³/mol. The second-order valence-corrected chi connectivity index (χ2v) is 10.6. The zero-order chi connectivity index (χ0) is 26.1. The normalized spacial score (nSPS) is 21.1. The molecule has 0 amide bonds. The van der Waals surface area contributed by atoms with Gasteiger partial charge in [0.2, 0.25) is 0 Å². The fraction of sp³-hybridized carbons (Fsp3) is 0.414. The number of rotatable bonds is 6. The van der Waals surface area contributed by atoms with Crippen LogP contribution in [0.4, 0.5) is 15.9 Å². The molecular weight excluding hydrogens is 479 g/mol. The molecule has 4 aromatic rings. The zero-order valence-electron chi connectivity index (χ0n) is 21.9. The maximum atomic E-state index is 13.2. The molecule has 1 saturated carbocycles. The topological polar surface area (TPSA) is 88.1 Å². The van der Waals surface area contributed by atoms with Crippen LogP contribution in [0.1, 0.15) is 37.3 Å². The van der Waals surface area contributed by atoms with Gasteiger partial charge in [0, 0.05) is 50.0 Å². The summed E-state index contributed by atoms with van der Waals surface area (Å²) in [6, 6.07) is 15.7. The lowest BCUT2D eigenvalue weighted by Crippen LogP contribution is -2.49. The Balaban J connectivity index is 1.19. The number of nitrogens with zero attached hydrogens (tertiary/aromatic N) is 6. The largest absolute Gasteiger partial charge is 0.383 e. The van der Waals surface area contributed by atoms with Crippen molar-refractivity contribution in [3.8, 4) is 11.3 Å². The summed E-state index contributed by atoms with van der Waals surface area (Å²) < 4.78 is 15.3.